The summed E-state index contributed by atoms with van der Waals surface area (Å²) in [6, 6.07) is 0. The molecule has 1 fully saturated rings. The monoisotopic (exact) mass is 268 g/mol. The molecule has 0 saturated carbocycles. The predicted molar refractivity (Wildman–Crippen MR) is 85.7 cm³/mol. The van der Waals surface area contributed by atoms with E-state index in [0.717, 1.165) is 5.92 Å². The topological polar surface area (TPSA) is 15.3 Å². The van der Waals surface area contributed by atoms with Gasteiger partial charge in [0.2, 0.25) is 0 Å². The van der Waals surface area contributed by atoms with Crippen molar-refractivity contribution < 1.29 is 0 Å². The van der Waals surface area contributed by atoms with Crippen molar-refractivity contribution in [2.45, 2.75) is 78.2 Å². The van der Waals surface area contributed by atoms with E-state index in [9.17, 15) is 0 Å². The molecule has 19 heavy (non-hydrogen) atoms. The molecule has 0 aromatic carbocycles. The molecule has 1 saturated heterocycles. The van der Waals surface area contributed by atoms with E-state index in [1.807, 2.05) is 0 Å². The highest BCUT2D eigenvalue weighted by molar-refractivity contribution is 4.72. The van der Waals surface area contributed by atoms with Gasteiger partial charge in [0.05, 0.1) is 0 Å². The highest BCUT2D eigenvalue weighted by Crippen LogP contribution is 2.21. The Bertz CT molecular complexity index is 212. The van der Waals surface area contributed by atoms with Crippen LogP contribution in [0, 0.1) is 5.92 Å². The number of unbranched alkanes of at least 4 members (excludes halogenated alkanes) is 2. The average Bonchev–Trinajstić information content (AvgIpc) is 2.35. The van der Waals surface area contributed by atoms with Gasteiger partial charge in [0, 0.05) is 5.54 Å². The molecule has 1 aliphatic heterocycles. The lowest BCUT2D eigenvalue weighted by atomic mass is 9.92. The fraction of sp³-hybridized carbons (Fsp3) is 1.00. The van der Waals surface area contributed by atoms with Crippen LogP contribution in [0.2, 0.25) is 0 Å². The first kappa shape index (κ1) is 17.0. The van der Waals surface area contributed by atoms with E-state index in [0.29, 0.717) is 0 Å². The van der Waals surface area contributed by atoms with Gasteiger partial charge in [0.1, 0.15) is 0 Å². The Kier molecular flexibility index (Phi) is 8.01. The summed E-state index contributed by atoms with van der Waals surface area (Å²) in [6.45, 7) is 14.2. The number of rotatable bonds is 8. The van der Waals surface area contributed by atoms with Gasteiger partial charge < -0.3 is 10.2 Å². The van der Waals surface area contributed by atoms with E-state index in [1.54, 1.807) is 0 Å². The quantitative estimate of drug-likeness (QED) is 0.668. The fourth-order valence-corrected chi connectivity index (χ4v) is 3.01. The molecule has 0 aromatic heterocycles. The second-order valence-corrected chi connectivity index (χ2v) is 7.31. The number of likely N-dealkylation sites (tertiary alicyclic amines) is 1. The summed E-state index contributed by atoms with van der Waals surface area (Å²) in [4.78, 5) is 2.68. The van der Waals surface area contributed by atoms with E-state index in [2.05, 4.69) is 37.9 Å². The fourth-order valence-electron chi connectivity index (χ4n) is 3.01. The van der Waals surface area contributed by atoms with Crippen LogP contribution in [0.1, 0.15) is 72.6 Å². The molecule has 0 aromatic rings. The summed E-state index contributed by atoms with van der Waals surface area (Å²) in [5.74, 6) is 1.03. The van der Waals surface area contributed by atoms with Crippen molar-refractivity contribution in [1.29, 1.82) is 0 Å². The number of nitrogens with one attached hydrogen (secondary N) is 1. The van der Waals surface area contributed by atoms with Crippen molar-refractivity contribution in [3.63, 3.8) is 0 Å². The minimum absolute atomic E-state index is 0.279. The summed E-state index contributed by atoms with van der Waals surface area (Å²) in [5, 5.41) is 3.57. The van der Waals surface area contributed by atoms with Crippen LogP contribution in [-0.2, 0) is 0 Å². The Morgan fingerprint density at radius 1 is 1.05 bits per heavy atom. The van der Waals surface area contributed by atoms with Crippen molar-refractivity contribution in [2.75, 3.05) is 26.2 Å². The van der Waals surface area contributed by atoms with Crippen LogP contribution in [0.25, 0.3) is 0 Å². The van der Waals surface area contributed by atoms with Gasteiger partial charge in [-0.25, -0.2) is 0 Å². The SMILES string of the molecule is CCCC1CCN(CCCCCNC(C)(C)C)CC1. The zero-order valence-corrected chi connectivity index (χ0v) is 13.8. The molecule has 0 aliphatic carbocycles. The van der Waals surface area contributed by atoms with Gasteiger partial charge in [-0.15, -0.1) is 0 Å². The van der Waals surface area contributed by atoms with Crippen LogP contribution in [0.5, 0.6) is 0 Å². The van der Waals surface area contributed by atoms with Gasteiger partial charge in [0.15, 0.2) is 0 Å². The zero-order valence-electron chi connectivity index (χ0n) is 13.8. The summed E-state index contributed by atoms with van der Waals surface area (Å²) in [6.07, 6.45) is 9.78. The van der Waals surface area contributed by atoms with Gasteiger partial charge in [-0.3, -0.25) is 0 Å². The van der Waals surface area contributed by atoms with Crippen molar-refractivity contribution >= 4 is 0 Å². The number of nitrogens with zero attached hydrogens (tertiary/aromatic N) is 1. The van der Waals surface area contributed by atoms with Crippen LogP contribution in [-0.4, -0.2) is 36.6 Å². The van der Waals surface area contributed by atoms with Crippen LogP contribution in [0.3, 0.4) is 0 Å². The van der Waals surface area contributed by atoms with Crippen molar-refractivity contribution in [3.05, 3.63) is 0 Å². The number of hydrogen-bond acceptors (Lipinski definition) is 2. The summed E-state index contributed by atoms with van der Waals surface area (Å²) in [7, 11) is 0. The summed E-state index contributed by atoms with van der Waals surface area (Å²) in [5.41, 5.74) is 0.279. The highest BCUT2D eigenvalue weighted by Gasteiger charge is 2.17. The normalized spacial score (nSPS) is 18.9. The predicted octanol–water partition coefficient (Wildman–Crippen LogP) is 4.06. The zero-order chi connectivity index (χ0) is 14.1. The molecule has 0 spiro atoms. The van der Waals surface area contributed by atoms with Crippen molar-refractivity contribution in [2.24, 2.45) is 5.92 Å². The standard InChI is InChI=1S/C17H36N2/c1-5-9-16-10-14-19(15-11-16)13-8-6-7-12-18-17(2,3)4/h16,18H,5-15H2,1-4H3. The lowest BCUT2D eigenvalue weighted by Gasteiger charge is -2.31. The molecule has 1 rings (SSSR count). The maximum Gasteiger partial charge on any atom is 0.00965 e. The minimum Gasteiger partial charge on any atom is -0.312 e. The molecule has 0 unspecified atom stereocenters. The molecule has 0 atom stereocenters. The molecule has 2 nitrogen and oxygen atoms in total. The van der Waals surface area contributed by atoms with E-state index in [1.165, 1.54) is 71.1 Å². The lowest BCUT2D eigenvalue weighted by molar-refractivity contribution is 0.175. The summed E-state index contributed by atoms with van der Waals surface area (Å²) >= 11 is 0. The molecule has 1 aliphatic rings. The van der Waals surface area contributed by atoms with Gasteiger partial charge in [0.25, 0.3) is 0 Å². The maximum atomic E-state index is 3.57. The van der Waals surface area contributed by atoms with Gasteiger partial charge in [-0.2, -0.15) is 0 Å². The Balaban J connectivity index is 1.94. The van der Waals surface area contributed by atoms with Crippen LogP contribution >= 0.6 is 0 Å². The van der Waals surface area contributed by atoms with E-state index in [-0.39, 0.29) is 5.54 Å². The molecular weight excluding hydrogens is 232 g/mol. The molecule has 2 heteroatoms. The van der Waals surface area contributed by atoms with Crippen LogP contribution < -0.4 is 5.32 Å². The van der Waals surface area contributed by atoms with Gasteiger partial charge in [-0.1, -0.05) is 26.2 Å². The first-order chi connectivity index (χ1) is 9.01. The first-order valence-electron chi connectivity index (χ1n) is 8.48. The average molecular weight is 268 g/mol. The Hall–Kier alpha value is -0.0800. The Morgan fingerprint density at radius 3 is 2.32 bits per heavy atom. The van der Waals surface area contributed by atoms with Crippen LogP contribution in [0.15, 0.2) is 0 Å². The lowest BCUT2D eigenvalue weighted by Crippen LogP contribution is -2.36. The van der Waals surface area contributed by atoms with Crippen LogP contribution in [0.4, 0.5) is 0 Å². The van der Waals surface area contributed by atoms with E-state index in [4.69, 9.17) is 0 Å². The minimum atomic E-state index is 0.279. The number of hydrogen-bond donors (Lipinski definition) is 1. The molecule has 1 heterocycles. The molecule has 0 amide bonds. The van der Waals surface area contributed by atoms with Crippen molar-refractivity contribution in [3.8, 4) is 0 Å². The smallest absolute Gasteiger partial charge is 0.00965 e. The van der Waals surface area contributed by atoms with Gasteiger partial charge >= 0.3 is 0 Å². The highest BCUT2D eigenvalue weighted by atomic mass is 15.1. The van der Waals surface area contributed by atoms with Gasteiger partial charge in [-0.05, 0) is 78.6 Å². The molecular formula is C17H36N2. The van der Waals surface area contributed by atoms with E-state index >= 15 is 0 Å². The largest absolute Gasteiger partial charge is 0.312 e. The third-order valence-electron chi connectivity index (χ3n) is 4.21. The third kappa shape index (κ3) is 8.65. The first-order valence-corrected chi connectivity index (χ1v) is 8.48. The Labute approximate surface area is 121 Å². The van der Waals surface area contributed by atoms with Crippen molar-refractivity contribution in [1.82, 2.24) is 10.2 Å². The molecule has 0 bridgehead atoms. The maximum absolute atomic E-state index is 3.57. The second-order valence-electron chi connectivity index (χ2n) is 7.31. The number of piperidine rings is 1. The Morgan fingerprint density at radius 2 is 1.74 bits per heavy atom. The van der Waals surface area contributed by atoms with E-state index < -0.39 is 0 Å². The third-order valence-corrected chi connectivity index (χ3v) is 4.21. The molecule has 114 valence electrons. The second kappa shape index (κ2) is 8.97. The molecule has 0 radical (unpaired) electrons. The molecule has 1 N–H and O–H groups in total. The summed E-state index contributed by atoms with van der Waals surface area (Å²) < 4.78 is 0.